The second kappa shape index (κ2) is 8.26. The van der Waals surface area contributed by atoms with Crippen molar-refractivity contribution in [3.63, 3.8) is 0 Å². The van der Waals surface area contributed by atoms with Gasteiger partial charge in [-0.15, -0.1) is 0 Å². The molecule has 3 aromatic carbocycles. The highest BCUT2D eigenvalue weighted by Crippen LogP contribution is 2.31. The SMILES string of the molecule is NC(=O)CNC(=O)c1cccc(-c2n[nH]c3cc(Nc4ccccc4Cl)ccc23)c1. The van der Waals surface area contributed by atoms with Gasteiger partial charge in [-0.2, -0.15) is 5.10 Å². The van der Waals surface area contributed by atoms with Crippen LogP contribution in [0.2, 0.25) is 5.02 Å². The number of fused-ring (bicyclic) bond motifs is 1. The fraction of sp³-hybridized carbons (Fsp3) is 0.0455. The minimum Gasteiger partial charge on any atom is -0.368 e. The molecule has 0 spiro atoms. The van der Waals surface area contributed by atoms with Gasteiger partial charge >= 0.3 is 0 Å². The first-order valence-corrected chi connectivity index (χ1v) is 9.55. The number of halogens is 1. The largest absolute Gasteiger partial charge is 0.368 e. The lowest BCUT2D eigenvalue weighted by Crippen LogP contribution is -2.33. The van der Waals surface area contributed by atoms with Gasteiger partial charge in [0.2, 0.25) is 5.91 Å². The maximum Gasteiger partial charge on any atom is 0.251 e. The molecule has 0 aliphatic heterocycles. The number of rotatable bonds is 6. The van der Waals surface area contributed by atoms with Crippen LogP contribution in [0.15, 0.2) is 66.7 Å². The van der Waals surface area contributed by atoms with Crippen molar-refractivity contribution < 1.29 is 9.59 Å². The number of aromatic nitrogens is 2. The molecular weight excluding hydrogens is 402 g/mol. The monoisotopic (exact) mass is 419 g/mol. The van der Waals surface area contributed by atoms with Crippen molar-refractivity contribution in [1.82, 2.24) is 15.5 Å². The number of aromatic amines is 1. The number of carbonyl (C=O) groups excluding carboxylic acids is 2. The summed E-state index contributed by atoms with van der Waals surface area (Å²) in [6.07, 6.45) is 0. The highest BCUT2D eigenvalue weighted by Gasteiger charge is 2.12. The molecule has 0 unspecified atom stereocenters. The van der Waals surface area contributed by atoms with Crippen molar-refractivity contribution in [1.29, 1.82) is 0 Å². The number of nitrogens with one attached hydrogen (secondary N) is 3. The Morgan fingerprint density at radius 2 is 1.87 bits per heavy atom. The maximum atomic E-state index is 12.2. The minimum atomic E-state index is -0.598. The summed E-state index contributed by atoms with van der Waals surface area (Å²) in [4.78, 5) is 23.1. The third-order valence-corrected chi connectivity index (χ3v) is 4.87. The van der Waals surface area contributed by atoms with Gasteiger partial charge in [0.15, 0.2) is 0 Å². The normalized spacial score (nSPS) is 10.7. The summed E-state index contributed by atoms with van der Waals surface area (Å²) in [7, 11) is 0. The molecule has 0 fully saturated rings. The van der Waals surface area contributed by atoms with E-state index in [1.54, 1.807) is 18.2 Å². The Hall–Kier alpha value is -3.84. The summed E-state index contributed by atoms with van der Waals surface area (Å²) in [5.74, 6) is -0.972. The zero-order chi connectivity index (χ0) is 21.1. The van der Waals surface area contributed by atoms with E-state index in [0.29, 0.717) is 10.6 Å². The first-order valence-electron chi connectivity index (χ1n) is 9.18. The number of benzene rings is 3. The van der Waals surface area contributed by atoms with Crippen LogP contribution in [0.1, 0.15) is 10.4 Å². The Kier molecular flexibility index (Phi) is 5.36. The van der Waals surface area contributed by atoms with E-state index in [1.807, 2.05) is 48.5 Å². The summed E-state index contributed by atoms with van der Waals surface area (Å²) in [6.45, 7) is -0.213. The third-order valence-electron chi connectivity index (χ3n) is 4.54. The smallest absolute Gasteiger partial charge is 0.251 e. The highest BCUT2D eigenvalue weighted by atomic mass is 35.5. The first-order chi connectivity index (χ1) is 14.5. The van der Waals surface area contributed by atoms with Crippen molar-refractivity contribution >= 4 is 45.7 Å². The predicted octanol–water partition coefficient (Wildman–Crippen LogP) is 3.84. The van der Waals surface area contributed by atoms with Crippen LogP contribution in [0.25, 0.3) is 22.2 Å². The molecule has 150 valence electrons. The van der Waals surface area contributed by atoms with Crippen LogP contribution in [0.3, 0.4) is 0 Å². The van der Waals surface area contributed by atoms with Crippen LogP contribution in [0.4, 0.5) is 11.4 Å². The zero-order valence-electron chi connectivity index (χ0n) is 15.8. The van der Waals surface area contributed by atoms with E-state index in [9.17, 15) is 9.59 Å². The molecule has 0 aliphatic rings. The fourth-order valence-corrected chi connectivity index (χ4v) is 3.30. The van der Waals surface area contributed by atoms with Crippen molar-refractivity contribution in [3.8, 4) is 11.3 Å². The third kappa shape index (κ3) is 4.11. The van der Waals surface area contributed by atoms with Crippen LogP contribution in [0, 0.1) is 0 Å². The van der Waals surface area contributed by atoms with Crippen molar-refractivity contribution in [3.05, 3.63) is 77.3 Å². The van der Waals surface area contributed by atoms with Gasteiger partial charge < -0.3 is 16.4 Å². The number of nitrogens with zero attached hydrogens (tertiary/aromatic N) is 1. The number of para-hydroxylation sites is 1. The average Bonchev–Trinajstić information content (AvgIpc) is 3.17. The van der Waals surface area contributed by atoms with E-state index in [2.05, 4.69) is 20.8 Å². The van der Waals surface area contributed by atoms with Gasteiger partial charge in [-0.25, -0.2) is 0 Å². The van der Waals surface area contributed by atoms with Crippen molar-refractivity contribution in [2.45, 2.75) is 0 Å². The van der Waals surface area contributed by atoms with Gasteiger partial charge in [0, 0.05) is 22.2 Å². The Morgan fingerprint density at radius 3 is 2.67 bits per heavy atom. The number of hydrogen-bond donors (Lipinski definition) is 4. The maximum absolute atomic E-state index is 12.2. The molecule has 1 heterocycles. The van der Waals surface area contributed by atoms with Crippen LogP contribution < -0.4 is 16.4 Å². The average molecular weight is 420 g/mol. The quantitative estimate of drug-likeness (QED) is 0.380. The summed E-state index contributed by atoms with van der Waals surface area (Å²) < 4.78 is 0. The number of carbonyl (C=O) groups is 2. The predicted molar refractivity (Wildman–Crippen MR) is 118 cm³/mol. The first kappa shape index (κ1) is 19.5. The van der Waals surface area contributed by atoms with Gasteiger partial charge in [-0.05, 0) is 42.5 Å². The molecule has 8 heteroatoms. The van der Waals surface area contributed by atoms with E-state index in [0.717, 1.165) is 33.5 Å². The molecule has 0 radical (unpaired) electrons. The van der Waals surface area contributed by atoms with Crippen LogP contribution in [-0.4, -0.2) is 28.6 Å². The van der Waals surface area contributed by atoms with Crippen LogP contribution >= 0.6 is 11.6 Å². The van der Waals surface area contributed by atoms with E-state index in [1.165, 1.54) is 0 Å². The second-order valence-corrected chi connectivity index (χ2v) is 7.07. The zero-order valence-corrected chi connectivity index (χ0v) is 16.5. The van der Waals surface area contributed by atoms with Gasteiger partial charge in [-0.1, -0.05) is 35.9 Å². The number of nitrogens with two attached hydrogens (primary N) is 1. The Bertz CT molecular complexity index is 1250. The summed E-state index contributed by atoms with van der Waals surface area (Å²) in [6, 6.07) is 20.4. The highest BCUT2D eigenvalue weighted by molar-refractivity contribution is 6.33. The van der Waals surface area contributed by atoms with Crippen LogP contribution in [0.5, 0.6) is 0 Å². The molecule has 7 nitrogen and oxygen atoms in total. The molecule has 5 N–H and O–H groups in total. The molecule has 1 aromatic heterocycles. The molecule has 4 aromatic rings. The molecule has 0 saturated carbocycles. The Morgan fingerprint density at radius 1 is 1.03 bits per heavy atom. The van der Waals surface area contributed by atoms with E-state index >= 15 is 0 Å². The lowest BCUT2D eigenvalue weighted by atomic mass is 10.0. The summed E-state index contributed by atoms with van der Waals surface area (Å²) in [5.41, 5.74) is 9.51. The van der Waals surface area contributed by atoms with Gasteiger partial charge in [-0.3, -0.25) is 14.7 Å². The van der Waals surface area contributed by atoms with Gasteiger partial charge in [0.1, 0.15) is 0 Å². The minimum absolute atomic E-state index is 0.213. The Balaban J connectivity index is 1.61. The summed E-state index contributed by atoms with van der Waals surface area (Å²) >= 11 is 6.22. The number of amides is 2. The molecular formula is C22H18ClN5O2. The van der Waals surface area contributed by atoms with Gasteiger partial charge in [0.05, 0.1) is 28.5 Å². The van der Waals surface area contributed by atoms with E-state index in [4.69, 9.17) is 17.3 Å². The number of hydrogen-bond acceptors (Lipinski definition) is 4. The lowest BCUT2D eigenvalue weighted by molar-refractivity contribution is -0.117. The number of H-pyrrole nitrogens is 1. The molecule has 2 amide bonds. The molecule has 0 aliphatic carbocycles. The van der Waals surface area contributed by atoms with E-state index in [-0.39, 0.29) is 12.5 Å². The van der Waals surface area contributed by atoms with Gasteiger partial charge in [0.25, 0.3) is 5.91 Å². The topological polar surface area (TPSA) is 113 Å². The molecule has 0 atom stereocenters. The van der Waals surface area contributed by atoms with Crippen LogP contribution in [-0.2, 0) is 4.79 Å². The molecule has 4 rings (SSSR count). The number of primary amides is 1. The molecule has 30 heavy (non-hydrogen) atoms. The number of anilines is 2. The van der Waals surface area contributed by atoms with Crippen molar-refractivity contribution in [2.24, 2.45) is 5.73 Å². The fourth-order valence-electron chi connectivity index (χ4n) is 3.11. The van der Waals surface area contributed by atoms with Crippen molar-refractivity contribution in [2.75, 3.05) is 11.9 Å². The lowest BCUT2D eigenvalue weighted by Gasteiger charge is -2.08. The molecule has 0 saturated heterocycles. The standard InChI is InChI=1S/C22H18ClN5O2/c23-17-6-1-2-7-18(17)26-15-8-9-16-19(11-15)27-28-21(16)13-4-3-5-14(10-13)22(30)25-12-20(24)29/h1-11,26H,12H2,(H2,24,29)(H,25,30)(H,27,28). The van der Waals surface area contributed by atoms with E-state index < -0.39 is 5.91 Å². The summed E-state index contributed by atoms with van der Waals surface area (Å²) in [5, 5.41) is 14.8. The second-order valence-electron chi connectivity index (χ2n) is 6.67. The molecule has 0 bridgehead atoms. The Labute approximate surface area is 177 Å².